The van der Waals surface area contributed by atoms with Gasteiger partial charge in [-0.25, -0.2) is 10.4 Å². The first-order chi connectivity index (χ1) is 11.7. The lowest BCUT2D eigenvalue weighted by atomic mass is 10.1. The summed E-state index contributed by atoms with van der Waals surface area (Å²) in [6.07, 6.45) is 1.34. The molecule has 0 bridgehead atoms. The van der Waals surface area contributed by atoms with Gasteiger partial charge < -0.3 is 14.5 Å². The van der Waals surface area contributed by atoms with Crippen LogP contribution in [0.4, 0.5) is 11.6 Å². The number of ether oxygens (including phenoxy) is 2. The molecule has 4 rings (SSSR count). The molecule has 24 heavy (non-hydrogen) atoms. The Kier molecular flexibility index (Phi) is 3.23. The molecule has 3 aromatic rings. The van der Waals surface area contributed by atoms with Crippen LogP contribution in [0.15, 0.2) is 41.5 Å². The fourth-order valence-electron chi connectivity index (χ4n) is 2.38. The number of nitro benzene ring substituents is 1. The van der Waals surface area contributed by atoms with Crippen LogP contribution in [0.5, 0.6) is 11.5 Å². The van der Waals surface area contributed by atoms with Gasteiger partial charge in [-0.05, 0) is 18.2 Å². The van der Waals surface area contributed by atoms with E-state index < -0.39 is 4.92 Å². The summed E-state index contributed by atoms with van der Waals surface area (Å²) in [6, 6.07) is 10.4. The molecule has 9 nitrogen and oxygen atoms in total. The Morgan fingerprint density at radius 2 is 2.08 bits per heavy atom. The molecule has 2 aromatic carbocycles. The number of imidazole rings is 1. The molecule has 1 aromatic heterocycles. The zero-order valence-corrected chi connectivity index (χ0v) is 12.2. The zero-order valence-electron chi connectivity index (χ0n) is 12.2. The van der Waals surface area contributed by atoms with Crippen LogP contribution in [0.2, 0.25) is 0 Å². The Labute approximate surface area is 135 Å². The molecule has 0 fully saturated rings. The van der Waals surface area contributed by atoms with Crippen molar-refractivity contribution in [2.45, 2.75) is 0 Å². The van der Waals surface area contributed by atoms with Crippen LogP contribution in [0.1, 0.15) is 5.56 Å². The number of nitro groups is 1. The van der Waals surface area contributed by atoms with Crippen molar-refractivity contribution in [1.29, 1.82) is 0 Å². The van der Waals surface area contributed by atoms with Gasteiger partial charge >= 0.3 is 0 Å². The molecule has 0 unspecified atom stereocenters. The van der Waals surface area contributed by atoms with Crippen LogP contribution in [0.25, 0.3) is 11.0 Å². The summed E-state index contributed by atoms with van der Waals surface area (Å²) >= 11 is 0. The summed E-state index contributed by atoms with van der Waals surface area (Å²) in [5.74, 6) is 1.24. The third-order valence-corrected chi connectivity index (χ3v) is 3.48. The van der Waals surface area contributed by atoms with E-state index in [1.165, 1.54) is 18.3 Å². The van der Waals surface area contributed by atoms with E-state index in [1.54, 1.807) is 0 Å². The number of aromatic amines is 1. The minimum absolute atomic E-state index is 0.0460. The second-order valence-corrected chi connectivity index (χ2v) is 4.99. The topological polar surface area (TPSA) is 115 Å². The van der Waals surface area contributed by atoms with E-state index in [2.05, 4.69) is 20.5 Å². The maximum Gasteiger partial charge on any atom is 0.282 e. The lowest BCUT2D eigenvalue weighted by Crippen LogP contribution is -1.97. The molecule has 0 saturated heterocycles. The predicted molar refractivity (Wildman–Crippen MR) is 86.5 cm³/mol. The number of H-pyrrole nitrogens is 1. The van der Waals surface area contributed by atoms with E-state index >= 15 is 0 Å². The lowest BCUT2D eigenvalue weighted by Gasteiger charge is -2.00. The van der Waals surface area contributed by atoms with Crippen molar-refractivity contribution >= 4 is 28.9 Å². The highest BCUT2D eigenvalue weighted by molar-refractivity contribution is 5.87. The Hall–Kier alpha value is -3.62. The molecule has 9 heteroatoms. The number of rotatable bonds is 4. The molecular formula is C15H11N5O4. The number of aromatic nitrogens is 2. The highest BCUT2D eigenvalue weighted by Gasteiger charge is 2.22. The number of nitrogens with zero attached hydrogens (tertiary/aromatic N) is 3. The first-order valence-electron chi connectivity index (χ1n) is 7.02. The predicted octanol–water partition coefficient (Wildman–Crippen LogP) is 2.65. The van der Waals surface area contributed by atoms with Crippen molar-refractivity contribution in [2.75, 3.05) is 12.2 Å². The van der Waals surface area contributed by atoms with Crippen LogP contribution in [-0.4, -0.2) is 27.9 Å². The van der Waals surface area contributed by atoms with Crippen molar-refractivity contribution in [2.24, 2.45) is 5.10 Å². The summed E-state index contributed by atoms with van der Waals surface area (Å²) in [4.78, 5) is 18.0. The number of nitrogens with one attached hydrogen (secondary N) is 2. The number of benzene rings is 2. The van der Waals surface area contributed by atoms with Crippen molar-refractivity contribution in [3.63, 3.8) is 0 Å². The smallest absolute Gasteiger partial charge is 0.282 e. The molecule has 2 N–H and O–H groups in total. The number of para-hydroxylation sites is 2. The Balaban J connectivity index is 1.60. The average molecular weight is 325 g/mol. The molecule has 0 saturated carbocycles. The molecule has 0 radical (unpaired) electrons. The Bertz CT molecular complexity index is 933. The normalized spacial score (nSPS) is 12.8. The van der Waals surface area contributed by atoms with Gasteiger partial charge in [-0.1, -0.05) is 12.1 Å². The summed E-state index contributed by atoms with van der Waals surface area (Å²) in [7, 11) is 0. The maximum absolute atomic E-state index is 11.2. The van der Waals surface area contributed by atoms with Crippen molar-refractivity contribution in [1.82, 2.24) is 9.97 Å². The van der Waals surface area contributed by atoms with Gasteiger partial charge in [0.1, 0.15) is 0 Å². The van der Waals surface area contributed by atoms with Crippen LogP contribution in [0, 0.1) is 10.1 Å². The van der Waals surface area contributed by atoms with Gasteiger partial charge in [0.15, 0.2) is 11.5 Å². The van der Waals surface area contributed by atoms with E-state index in [0.29, 0.717) is 23.0 Å². The number of hydrazone groups is 1. The van der Waals surface area contributed by atoms with Crippen LogP contribution in [-0.2, 0) is 0 Å². The third kappa shape index (κ3) is 2.47. The first kappa shape index (κ1) is 14.0. The molecule has 1 aliphatic heterocycles. The van der Waals surface area contributed by atoms with E-state index in [-0.39, 0.29) is 12.5 Å². The number of anilines is 1. The lowest BCUT2D eigenvalue weighted by molar-refractivity contribution is -0.385. The summed E-state index contributed by atoms with van der Waals surface area (Å²) < 4.78 is 10.4. The fraction of sp³-hybridized carbons (Fsp3) is 0.0667. The first-order valence-corrected chi connectivity index (χ1v) is 7.02. The van der Waals surface area contributed by atoms with Gasteiger partial charge in [-0.3, -0.25) is 10.1 Å². The molecule has 2 heterocycles. The second-order valence-electron chi connectivity index (χ2n) is 4.99. The molecule has 120 valence electrons. The molecular weight excluding hydrogens is 314 g/mol. The molecule has 1 aliphatic rings. The largest absolute Gasteiger partial charge is 0.454 e. The molecule has 0 spiro atoms. The summed E-state index contributed by atoms with van der Waals surface area (Å²) in [5, 5.41) is 15.2. The van der Waals surface area contributed by atoms with Gasteiger partial charge in [0.05, 0.1) is 33.8 Å². The minimum atomic E-state index is -0.496. The Morgan fingerprint density at radius 3 is 2.88 bits per heavy atom. The van der Waals surface area contributed by atoms with E-state index in [0.717, 1.165) is 11.0 Å². The van der Waals surface area contributed by atoms with Crippen LogP contribution < -0.4 is 14.9 Å². The third-order valence-electron chi connectivity index (χ3n) is 3.48. The fourth-order valence-corrected chi connectivity index (χ4v) is 2.38. The Morgan fingerprint density at radius 1 is 1.29 bits per heavy atom. The van der Waals surface area contributed by atoms with Gasteiger partial charge in [0.25, 0.3) is 5.69 Å². The monoisotopic (exact) mass is 325 g/mol. The number of hydrogen-bond acceptors (Lipinski definition) is 7. The quantitative estimate of drug-likeness (QED) is 0.433. The second kappa shape index (κ2) is 5.54. The SMILES string of the molecule is O=[N+]([O-])c1cc2c(cc1/C=N/Nc1nc3ccccc3[nH]1)OCO2. The van der Waals surface area contributed by atoms with Gasteiger partial charge in [-0.2, -0.15) is 5.10 Å². The van der Waals surface area contributed by atoms with E-state index in [9.17, 15) is 10.1 Å². The van der Waals surface area contributed by atoms with Crippen molar-refractivity contribution in [3.8, 4) is 11.5 Å². The highest BCUT2D eigenvalue weighted by Crippen LogP contribution is 2.37. The van der Waals surface area contributed by atoms with Crippen LogP contribution >= 0.6 is 0 Å². The van der Waals surface area contributed by atoms with Gasteiger partial charge in [-0.15, -0.1) is 0 Å². The average Bonchev–Trinajstić information content (AvgIpc) is 3.19. The van der Waals surface area contributed by atoms with Crippen molar-refractivity contribution < 1.29 is 14.4 Å². The van der Waals surface area contributed by atoms with E-state index in [1.807, 2.05) is 24.3 Å². The number of hydrogen-bond donors (Lipinski definition) is 2. The molecule has 0 aliphatic carbocycles. The standard InChI is InChI=1S/C15H11N5O4/c21-20(22)12-6-14-13(23-8-24-14)5-9(12)7-16-19-15-17-10-3-1-2-4-11(10)18-15/h1-7H,8H2,(H2,17,18,19)/b16-7+. The molecule has 0 amide bonds. The summed E-state index contributed by atoms with van der Waals surface area (Å²) in [5.41, 5.74) is 4.57. The van der Waals surface area contributed by atoms with Crippen molar-refractivity contribution in [3.05, 3.63) is 52.1 Å². The van der Waals surface area contributed by atoms with Gasteiger partial charge in [0.2, 0.25) is 12.7 Å². The number of fused-ring (bicyclic) bond motifs is 2. The van der Waals surface area contributed by atoms with Crippen LogP contribution in [0.3, 0.4) is 0 Å². The molecule has 0 atom stereocenters. The zero-order chi connectivity index (χ0) is 16.5. The summed E-state index contributed by atoms with van der Waals surface area (Å²) in [6.45, 7) is 0.0460. The maximum atomic E-state index is 11.2. The van der Waals surface area contributed by atoms with Gasteiger partial charge in [0, 0.05) is 0 Å². The van der Waals surface area contributed by atoms with E-state index in [4.69, 9.17) is 9.47 Å². The highest BCUT2D eigenvalue weighted by atomic mass is 16.7. The minimum Gasteiger partial charge on any atom is -0.454 e.